The second-order valence-corrected chi connectivity index (χ2v) is 5.25. The Morgan fingerprint density at radius 1 is 1.28 bits per heavy atom. The number of ether oxygens (including phenoxy) is 2. The number of hydrogen-bond donors (Lipinski definition) is 2. The highest BCUT2D eigenvalue weighted by Crippen LogP contribution is 2.31. The fraction of sp³-hybridized carbons (Fsp3) is 0.500. The molecule has 6 nitrogen and oxygen atoms in total. The summed E-state index contributed by atoms with van der Waals surface area (Å²) in [5.41, 5.74) is -0.863. The first-order valence-electron chi connectivity index (χ1n) is 7.70. The molecule has 0 aliphatic rings. The number of likely N-dealkylation sites (N-methyl/N-ethyl adjacent to an activating group) is 1. The van der Waals surface area contributed by atoms with Crippen LogP contribution in [0.15, 0.2) is 24.3 Å². The van der Waals surface area contributed by atoms with E-state index in [0.29, 0.717) is 6.42 Å². The van der Waals surface area contributed by atoms with E-state index in [0.717, 1.165) is 12.1 Å². The molecule has 2 N–H and O–H groups in total. The number of amides is 2. The number of alkyl halides is 3. The van der Waals surface area contributed by atoms with Crippen molar-refractivity contribution in [1.82, 2.24) is 10.6 Å². The molecule has 1 rings (SSSR count). The molecule has 25 heavy (non-hydrogen) atoms. The van der Waals surface area contributed by atoms with Crippen molar-refractivity contribution < 1.29 is 32.2 Å². The van der Waals surface area contributed by atoms with E-state index >= 15 is 0 Å². The molecular formula is C16H21F3N2O4. The average molecular weight is 362 g/mol. The summed E-state index contributed by atoms with van der Waals surface area (Å²) in [6.45, 7) is 3.26. The number of rotatable bonds is 7. The van der Waals surface area contributed by atoms with Crippen LogP contribution in [0.25, 0.3) is 0 Å². The molecule has 1 aromatic carbocycles. The van der Waals surface area contributed by atoms with E-state index < -0.39 is 36.1 Å². The van der Waals surface area contributed by atoms with Crippen LogP contribution < -0.4 is 15.4 Å². The van der Waals surface area contributed by atoms with E-state index in [1.54, 1.807) is 6.92 Å². The monoisotopic (exact) mass is 362 g/mol. The number of benzene rings is 1. The van der Waals surface area contributed by atoms with Crippen molar-refractivity contribution in [3.05, 3.63) is 29.8 Å². The lowest BCUT2D eigenvalue weighted by atomic mass is 10.2. The Hall–Kier alpha value is -2.45. The normalized spacial score (nSPS) is 13.5. The molecule has 1 aromatic rings. The number of alkyl carbamates (subject to hydrolysis) is 1. The molecule has 0 bridgehead atoms. The van der Waals surface area contributed by atoms with Crippen molar-refractivity contribution in [3.8, 4) is 5.75 Å². The molecule has 2 unspecified atom stereocenters. The molecule has 0 radical (unpaired) electrons. The lowest BCUT2D eigenvalue weighted by Gasteiger charge is -2.21. The third-order valence-corrected chi connectivity index (χ3v) is 3.17. The highest BCUT2D eigenvalue weighted by atomic mass is 19.4. The molecule has 0 aliphatic carbocycles. The molecule has 0 aliphatic heterocycles. The Bertz CT molecular complexity index is 593. The molecule has 0 heterocycles. The molecule has 9 heteroatoms. The number of hydrogen-bond acceptors (Lipinski definition) is 4. The fourth-order valence-corrected chi connectivity index (χ4v) is 1.89. The summed E-state index contributed by atoms with van der Waals surface area (Å²) in [5.74, 6) is -0.483. The van der Waals surface area contributed by atoms with Crippen LogP contribution >= 0.6 is 0 Å². The Morgan fingerprint density at radius 3 is 2.52 bits per heavy atom. The van der Waals surface area contributed by atoms with E-state index in [4.69, 9.17) is 9.47 Å². The van der Waals surface area contributed by atoms with Gasteiger partial charge in [0.15, 0.2) is 0 Å². The molecule has 0 saturated carbocycles. The Kier molecular flexibility index (Phi) is 7.53. The van der Waals surface area contributed by atoms with Gasteiger partial charge in [0.1, 0.15) is 11.8 Å². The van der Waals surface area contributed by atoms with Gasteiger partial charge >= 0.3 is 12.3 Å². The van der Waals surface area contributed by atoms with Gasteiger partial charge in [0.25, 0.3) is 0 Å². The number of carbonyl (C=O) groups is 2. The third kappa shape index (κ3) is 6.90. The molecule has 0 saturated heterocycles. The average Bonchev–Trinajstić information content (AvgIpc) is 2.53. The van der Waals surface area contributed by atoms with E-state index in [1.807, 2.05) is 0 Å². The molecule has 0 aromatic heterocycles. The van der Waals surface area contributed by atoms with Crippen molar-refractivity contribution in [2.24, 2.45) is 0 Å². The lowest BCUT2D eigenvalue weighted by Crippen LogP contribution is -2.45. The van der Waals surface area contributed by atoms with Gasteiger partial charge in [-0.15, -0.1) is 0 Å². The van der Waals surface area contributed by atoms with Crippen LogP contribution in [0, 0.1) is 0 Å². The lowest BCUT2D eigenvalue weighted by molar-refractivity contribution is -0.137. The standard InChI is InChI=1S/C16H21F3N2O4/c1-4-6-13(25-15(23)21-10(2)14(22)20-3)24-12-8-5-7-11(9-12)16(17,18)19/h5,7-10,13H,4,6H2,1-3H3,(H,20,22)(H,21,23). The molecule has 0 fully saturated rings. The van der Waals surface area contributed by atoms with Gasteiger partial charge in [0.05, 0.1) is 5.56 Å². The highest BCUT2D eigenvalue weighted by molar-refractivity contribution is 5.84. The van der Waals surface area contributed by atoms with Crippen molar-refractivity contribution in [1.29, 1.82) is 0 Å². The quantitative estimate of drug-likeness (QED) is 0.731. The Labute approximate surface area is 143 Å². The summed E-state index contributed by atoms with van der Waals surface area (Å²) in [5, 5.41) is 4.67. The van der Waals surface area contributed by atoms with Crippen molar-refractivity contribution in [2.75, 3.05) is 7.05 Å². The topological polar surface area (TPSA) is 76.7 Å². The summed E-state index contributed by atoms with van der Waals surface area (Å²) >= 11 is 0. The van der Waals surface area contributed by atoms with Gasteiger partial charge in [-0.1, -0.05) is 13.0 Å². The maximum Gasteiger partial charge on any atom is 0.416 e. The molecule has 0 spiro atoms. The summed E-state index contributed by atoms with van der Waals surface area (Å²) in [4.78, 5) is 23.2. The van der Waals surface area contributed by atoms with E-state index in [9.17, 15) is 22.8 Å². The summed E-state index contributed by atoms with van der Waals surface area (Å²) in [6, 6.07) is 3.46. The highest BCUT2D eigenvalue weighted by Gasteiger charge is 2.31. The van der Waals surface area contributed by atoms with Crippen molar-refractivity contribution in [3.63, 3.8) is 0 Å². The smallest absolute Gasteiger partial charge is 0.416 e. The fourth-order valence-electron chi connectivity index (χ4n) is 1.89. The number of carbonyl (C=O) groups excluding carboxylic acids is 2. The molecule has 140 valence electrons. The van der Waals surface area contributed by atoms with Gasteiger partial charge in [-0.05, 0) is 31.5 Å². The zero-order valence-corrected chi connectivity index (χ0v) is 14.1. The van der Waals surface area contributed by atoms with Crippen LogP contribution in [0.3, 0.4) is 0 Å². The van der Waals surface area contributed by atoms with Crippen LogP contribution in [0.5, 0.6) is 5.75 Å². The molecular weight excluding hydrogens is 341 g/mol. The summed E-state index contributed by atoms with van der Waals surface area (Å²) < 4.78 is 48.6. The second kappa shape index (κ2) is 9.14. The minimum absolute atomic E-state index is 0.0691. The van der Waals surface area contributed by atoms with Crippen LogP contribution in [-0.4, -0.2) is 31.4 Å². The van der Waals surface area contributed by atoms with Gasteiger partial charge in [0.2, 0.25) is 12.2 Å². The molecule has 2 atom stereocenters. The summed E-state index contributed by atoms with van der Waals surface area (Å²) in [6.07, 6.45) is -5.63. The Balaban J connectivity index is 2.74. The first kappa shape index (κ1) is 20.6. The van der Waals surface area contributed by atoms with Gasteiger partial charge in [-0.25, -0.2) is 4.79 Å². The van der Waals surface area contributed by atoms with Crippen molar-refractivity contribution in [2.45, 2.75) is 45.2 Å². The van der Waals surface area contributed by atoms with Crippen LogP contribution in [0.2, 0.25) is 0 Å². The third-order valence-electron chi connectivity index (χ3n) is 3.17. The van der Waals surface area contributed by atoms with Gasteiger partial charge in [-0.2, -0.15) is 13.2 Å². The first-order chi connectivity index (χ1) is 11.7. The predicted molar refractivity (Wildman–Crippen MR) is 83.9 cm³/mol. The summed E-state index contributed by atoms with van der Waals surface area (Å²) in [7, 11) is 1.42. The maximum atomic E-state index is 12.7. The van der Waals surface area contributed by atoms with Crippen molar-refractivity contribution >= 4 is 12.0 Å². The predicted octanol–water partition coefficient (Wildman–Crippen LogP) is 3.07. The van der Waals surface area contributed by atoms with Crippen LogP contribution in [0.4, 0.5) is 18.0 Å². The van der Waals surface area contributed by atoms with E-state index in [2.05, 4.69) is 10.6 Å². The Morgan fingerprint density at radius 2 is 1.96 bits per heavy atom. The van der Waals surface area contributed by atoms with Crippen LogP contribution in [-0.2, 0) is 15.7 Å². The largest absolute Gasteiger partial charge is 0.455 e. The number of halogens is 3. The first-order valence-corrected chi connectivity index (χ1v) is 7.70. The maximum absolute atomic E-state index is 12.7. The van der Waals surface area contributed by atoms with Gasteiger partial charge in [0, 0.05) is 13.5 Å². The van der Waals surface area contributed by atoms with Gasteiger partial charge < -0.3 is 20.1 Å². The molecule has 2 amide bonds. The van der Waals surface area contributed by atoms with E-state index in [1.165, 1.54) is 26.1 Å². The number of nitrogens with one attached hydrogen (secondary N) is 2. The SMILES string of the molecule is CCCC(OC(=O)NC(C)C(=O)NC)Oc1cccc(C(F)(F)F)c1. The minimum atomic E-state index is -4.50. The van der Waals surface area contributed by atoms with E-state index in [-0.39, 0.29) is 12.2 Å². The zero-order valence-electron chi connectivity index (χ0n) is 14.1. The van der Waals surface area contributed by atoms with Gasteiger partial charge in [-0.3, -0.25) is 4.79 Å². The second-order valence-electron chi connectivity index (χ2n) is 5.25. The zero-order chi connectivity index (χ0) is 19.0. The minimum Gasteiger partial charge on any atom is -0.455 e. The van der Waals surface area contributed by atoms with Crippen LogP contribution in [0.1, 0.15) is 32.3 Å².